The van der Waals surface area contributed by atoms with Crippen molar-refractivity contribution in [2.75, 3.05) is 39.3 Å². The minimum Gasteiger partial charge on any atom is -0.337 e. The van der Waals surface area contributed by atoms with Crippen LogP contribution < -0.4 is 5.32 Å². The van der Waals surface area contributed by atoms with E-state index in [2.05, 4.69) is 17.1 Å². The molecule has 2 aromatic rings. The number of halogens is 1. The van der Waals surface area contributed by atoms with Gasteiger partial charge in [0, 0.05) is 58.8 Å². The van der Waals surface area contributed by atoms with Gasteiger partial charge in [-0.25, -0.2) is 9.18 Å². The summed E-state index contributed by atoms with van der Waals surface area (Å²) in [6.07, 6.45) is 6.12. The van der Waals surface area contributed by atoms with Crippen molar-refractivity contribution in [1.29, 1.82) is 0 Å². The minimum absolute atomic E-state index is 0.0327. The van der Waals surface area contributed by atoms with Crippen molar-refractivity contribution in [3.63, 3.8) is 0 Å². The summed E-state index contributed by atoms with van der Waals surface area (Å²) in [7, 11) is 0. The van der Waals surface area contributed by atoms with Gasteiger partial charge in [0.05, 0.1) is 0 Å². The SMILES string of the molecule is CCCCCCCC(=O)N(CCN1CCN(C(=O)NCc2ccccc2)CC1)Cc1ccc(F)cc1. The Morgan fingerprint density at radius 1 is 0.889 bits per heavy atom. The third-order valence-electron chi connectivity index (χ3n) is 6.77. The van der Waals surface area contributed by atoms with Gasteiger partial charge in [-0.15, -0.1) is 0 Å². The highest BCUT2D eigenvalue weighted by atomic mass is 19.1. The number of nitrogens with zero attached hydrogens (tertiary/aromatic N) is 3. The Labute approximate surface area is 215 Å². The molecule has 0 aromatic heterocycles. The van der Waals surface area contributed by atoms with Crippen molar-refractivity contribution in [1.82, 2.24) is 20.0 Å². The molecule has 36 heavy (non-hydrogen) atoms. The fourth-order valence-corrected chi connectivity index (χ4v) is 4.46. The van der Waals surface area contributed by atoms with Gasteiger partial charge in [0.1, 0.15) is 5.82 Å². The van der Waals surface area contributed by atoms with E-state index in [9.17, 15) is 14.0 Å². The van der Waals surface area contributed by atoms with Gasteiger partial charge in [-0.3, -0.25) is 9.69 Å². The molecular weight excluding hydrogens is 455 g/mol. The summed E-state index contributed by atoms with van der Waals surface area (Å²) in [4.78, 5) is 31.6. The average molecular weight is 497 g/mol. The number of hydrogen-bond acceptors (Lipinski definition) is 3. The first-order valence-electron chi connectivity index (χ1n) is 13.4. The van der Waals surface area contributed by atoms with Crippen LogP contribution in [-0.4, -0.2) is 65.9 Å². The molecule has 1 aliphatic rings. The molecule has 0 bridgehead atoms. The van der Waals surface area contributed by atoms with E-state index in [0.717, 1.165) is 43.6 Å². The monoisotopic (exact) mass is 496 g/mol. The quantitative estimate of drug-likeness (QED) is 0.395. The fraction of sp³-hybridized carbons (Fsp3) is 0.517. The molecule has 2 aromatic carbocycles. The molecule has 0 unspecified atom stereocenters. The fourth-order valence-electron chi connectivity index (χ4n) is 4.46. The zero-order valence-electron chi connectivity index (χ0n) is 21.6. The number of hydrogen-bond donors (Lipinski definition) is 1. The molecule has 6 nitrogen and oxygen atoms in total. The molecule has 196 valence electrons. The third kappa shape index (κ3) is 9.61. The second kappa shape index (κ2) is 15.2. The Morgan fingerprint density at radius 3 is 2.28 bits per heavy atom. The maximum absolute atomic E-state index is 13.3. The summed E-state index contributed by atoms with van der Waals surface area (Å²) in [6, 6.07) is 16.3. The number of benzene rings is 2. The van der Waals surface area contributed by atoms with Crippen molar-refractivity contribution in [2.45, 2.75) is 58.5 Å². The van der Waals surface area contributed by atoms with Crippen molar-refractivity contribution in [3.05, 3.63) is 71.5 Å². The van der Waals surface area contributed by atoms with Crippen LogP contribution >= 0.6 is 0 Å². The molecule has 3 rings (SSSR count). The first kappa shape index (κ1) is 27.7. The number of carbonyl (C=O) groups excluding carboxylic acids is 2. The van der Waals surface area contributed by atoms with Crippen LogP contribution in [-0.2, 0) is 17.9 Å². The Hall–Kier alpha value is -2.93. The van der Waals surface area contributed by atoms with Crippen LogP contribution in [0.15, 0.2) is 54.6 Å². The summed E-state index contributed by atoms with van der Waals surface area (Å²) in [5, 5.41) is 3.00. The lowest BCUT2D eigenvalue weighted by atomic mass is 10.1. The van der Waals surface area contributed by atoms with Crippen LogP contribution in [0.3, 0.4) is 0 Å². The van der Waals surface area contributed by atoms with Gasteiger partial charge in [-0.05, 0) is 29.7 Å². The first-order chi connectivity index (χ1) is 17.5. The van der Waals surface area contributed by atoms with Gasteiger partial charge in [0.25, 0.3) is 0 Å². The van der Waals surface area contributed by atoms with Crippen LogP contribution in [0, 0.1) is 5.82 Å². The Kier molecular flexibility index (Phi) is 11.7. The molecule has 1 aliphatic heterocycles. The van der Waals surface area contributed by atoms with Gasteiger partial charge in [-0.1, -0.05) is 75.1 Å². The van der Waals surface area contributed by atoms with Crippen molar-refractivity contribution in [3.8, 4) is 0 Å². The molecule has 1 saturated heterocycles. The molecule has 3 amide bonds. The van der Waals surface area contributed by atoms with E-state index in [1.165, 1.54) is 31.4 Å². The smallest absolute Gasteiger partial charge is 0.317 e. The Bertz CT molecular complexity index is 915. The molecule has 7 heteroatoms. The number of piperazine rings is 1. The topological polar surface area (TPSA) is 55.9 Å². The number of amides is 3. The molecule has 1 N–H and O–H groups in total. The van der Waals surface area contributed by atoms with Gasteiger partial charge in [-0.2, -0.15) is 0 Å². The highest BCUT2D eigenvalue weighted by Gasteiger charge is 2.22. The van der Waals surface area contributed by atoms with Crippen LogP contribution in [0.1, 0.15) is 56.6 Å². The molecule has 1 heterocycles. The number of urea groups is 1. The Balaban J connectivity index is 1.44. The molecule has 0 aliphatic carbocycles. The van der Waals surface area contributed by atoms with Crippen LogP contribution in [0.2, 0.25) is 0 Å². The normalized spacial score (nSPS) is 14.0. The average Bonchev–Trinajstić information content (AvgIpc) is 2.91. The van der Waals surface area contributed by atoms with Gasteiger partial charge >= 0.3 is 6.03 Å². The molecule has 0 radical (unpaired) electrons. The van der Waals surface area contributed by atoms with Crippen LogP contribution in [0.25, 0.3) is 0 Å². The highest BCUT2D eigenvalue weighted by molar-refractivity contribution is 5.76. The number of nitrogens with one attached hydrogen (secondary N) is 1. The summed E-state index contributed by atoms with van der Waals surface area (Å²) in [5.41, 5.74) is 2.02. The summed E-state index contributed by atoms with van der Waals surface area (Å²) < 4.78 is 13.3. The van der Waals surface area contributed by atoms with Gasteiger partial charge < -0.3 is 15.1 Å². The number of unbranched alkanes of at least 4 members (excludes halogenated alkanes) is 4. The van der Waals surface area contributed by atoms with Crippen LogP contribution in [0.4, 0.5) is 9.18 Å². The molecule has 0 saturated carbocycles. The molecule has 0 atom stereocenters. The van der Waals surface area contributed by atoms with Crippen molar-refractivity contribution >= 4 is 11.9 Å². The molecule has 1 fully saturated rings. The van der Waals surface area contributed by atoms with E-state index in [1.54, 1.807) is 12.1 Å². The zero-order chi connectivity index (χ0) is 25.6. The van der Waals surface area contributed by atoms with E-state index in [1.807, 2.05) is 40.1 Å². The lowest BCUT2D eigenvalue weighted by Gasteiger charge is -2.36. The number of rotatable bonds is 13. The highest BCUT2D eigenvalue weighted by Crippen LogP contribution is 2.12. The number of carbonyl (C=O) groups is 2. The largest absolute Gasteiger partial charge is 0.337 e. The first-order valence-corrected chi connectivity index (χ1v) is 13.4. The lowest BCUT2D eigenvalue weighted by Crippen LogP contribution is -2.52. The maximum Gasteiger partial charge on any atom is 0.317 e. The van der Waals surface area contributed by atoms with E-state index in [4.69, 9.17) is 0 Å². The molecular formula is C29H41FN4O2. The van der Waals surface area contributed by atoms with E-state index >= 15 is 0 Å². The second-order valence-corrected chi connectivity index (χ2v) is 9.58. The summed E-state index contributed by atoms with van der Waals surface area (Å²) in [6.45, 7) is 7.52. The predicted molar refractivity (Wildman–Crippen MR) is 142 cm³/mol. The standard InChI is InChI=1S/C29H41FN4O2/c1-2-3-4-5-9-12-28(35)34(24-26-13-15-27(30)16-14-26)22-19-32-17-20-33(21-18-32)29(36)31-23-25-10-7-6-8-11-25/h6-8,10-11,13-16H,2-5,9,12,17-24H2,1H3,(H,31,36). The lowest BCUT2D eigenvalue weighted by molar-refractivity contribution is -0.132. The minimum atomic E-state index is -0.266. The summed E-state index contributed by atoms with van der Waals surface area (Å²) in [5.74, 6) is -0.104. The maximum atomic E-state index is 13.3. The van der Waals surface area contributed by atoms with E-state index in [-0.39, 0.29) is 17.8 Å². The van der Waals surface area contributed by atoms with Crippen molar-refractivity contribution in [2.24, 2.45) is 0 Å². The Morgan fingerprint density at radius 2 is 1.58 bits per heavy atom. The van der Waals surface area contributed by atoms with Crippen LogP contribution in [0.5, 0.6) is 0 Å². The summed E-state index contributed by atoms with van der Waals surface area (Å²) >= 11 is 0. The zero-order valence-corrected chi connectivity index (χ0v) is 21.6. The third-order valence-corrected chi connectivity index (χ3v) is 6.77. The molecule has 0 spiro atoms. The van der Waals surface area contributed by atoms with Gasteiger partial charge in [0.15, 0.2) is 0 Å². The van der Waals surface area contributed by atoms with Gasteiger partial charge in [0.2, 0.25) is 5.91 Å². The van der Waals surface area contributed by atoms with E-state index < -0.39 is 0 Å². The van der Waals surface area contributed by atoms with E-state index in [0.29, 0.717) is 39.1 Å². The predicted octanol–water partition coefficient (Wildman–Crippen LogP) is 5.04. The van der Waals surface area contributed by atoms with Crippen molar-refractivity contribution < 1.29 is 14.0 Å². The second-order valence-electron chi connectivity index (χ2n) is 9.58.